The molecule has 2 fully saturated rings. The van der Waals surface area contributed by atoms with E-state index in [1.54, 1.807) is 0 Å². The van der Waals surface area contributed by atoms with Crippen molar-refractivity contribution in [1.29, 1.82) is 0 Å². The van der Waals surface area contributed by atoms with Crippen LogP contribution in [-0.2, 0) is 0 Å². The predicted octanol–water partition coefficient (Wildman–Crippen LogP) is 2.06. The van der Waals surface area contributed by atoms with Crippen molar-refractivity contribution in [3.63, 3.8) is 0 Å². The summed E-state index contributed by atoms with van der Waals surface area (Å²) in [7, 11) is 2.01. The molecule has 2 aliphatic rings. The molecule has 0 unspecified atom stereocenters. The maximum Gasteiger partial charge on any atom is 0.222 e. The topological polar surface area (TPSA) is 80.0 Å². The summed E-state index contributed by atoms with van der Waals surface area (Å²) in [6, 6.07) is 2.67. The Labute approximate surface area is 136 Å². The van der Waals surface area contributed by atoms with Gasteiger partial charge in [0, 0.05) is 25.3 Å². The van der Waals surface area contributed by atoms with E-state index in [1.807, 2.05) is 13.2 Å². The Morgan fingerprint density at radius 3 is 2.78 bits per heavy atom. The zero-order valence-electron chi connectivity index (χ0n) is 13.6. The van der Waals surface area contributed by atoms with E-state index in [-0.39, 0.29) is 0 Å². The Bertz CT molecular complexity index is 710. The van der Waals surface area contributed by atoms with Gasteiger partial charge in [0.25, 0.3) is 0 Å². The van der Waals surface area contributed by atoms with Crippen LogP contribution in [0.1, 0.15) is 43.6 Å². The molecular formula is C17H24N6. The minimum absolute atomic E-state index is 0.339. The number of rotatable bonds is 3. The number of nitrogens with one attached hydrogen (secondary N) is 1. The maximum atomic E-state index is 5.97. The normalized spacial score (nSPS) is 22.3. The fourth-order valence-electron chi connectivity index (χ4n) is 3.93. The number of nitrogens with two attached hydrogens (primary N) is 1. The van der Waals surface area contributed by atoms with E-state index in [2.05, 4.69) is 26.3 Å². The summed E-state index contributed by atoms with van der Waals surface area (Å²) in [6.45, 7) is 1.91. The van der Waals surface area contributed by atoms with Crippen LogP contribution in [0.3, 0.4) is 0 Å². The van der Waals surface area contributed by atoms with E-state index in [0.29, 0.717) is 17.9 Å². The molecule has 1 saturated heterocycles. The van der Waals surface area contributed by atoms with Gasteiger partial charge in [0.15, 0.2) is 5.82 Å². The van der Waals surface area contributed by atoms with Gasteiger partial charge >= 0.3 is 0 Å². The third-order valence-corrected chi connectivity index (χ3v) is 5.28. The number of aromatic nitrogens is 3. The Morgan fingerprint density at radius 2 is 2.04 bits per heavy atom. The summed E-state index contributed by atoms with van der Waals surface area (Å²) in [5.41, 5.74) is 9.02. The number of nitrogen functional groups attached to an aromatic ring is 1. The average Bonchev–Trinajstić information content (AvgIpc) is 3.25. The van der Waals surface area contributed by atoms with Crippen LogP contribution in [-0.4, -0.2) is 41.1 Å². The molecule has 23 heavy (non-hydrogen) atoms. The second-order valence-electron chi connectivity index (χ2n) is 6.74. The first-order chi connectivity index (χ1) is 11.2. The van der Waals surface area contributed by atoms with E-state index >= 15 is 0 Å². The SMILES string of the molecule is CN[C@@H]1CCN(c2nc(N)nc3cc(C4CCCC4)cnc23)C1. The van der Waals surface area contributed by atoms with Gasteiger partial charge in [-0.2, -0.15) is 4.98 Å². The monoisotopic (exact) mass is 312 g/mol. The third-order valence-electron chi connectivity index (χ3n) is 5.28. The van der Waals surface area contributed by atoms with Crippen molar-refractivity contribution in [3.05, 3.63) is 17.8 Å². The Kier molecular flexibility index (Phi) is 3.77. The van der Waals surface area contributed by atoms with Crippen LogP contribution in [0.2, 0.25) is 0 Å². The highest BCUT2D eigenvalue weighted by atomic mass is 15.3. The summed E-state index contributed by atoms with van der Waals surface area (Å²) in [6.07, 6.45) is 8.29. The molecular weight excluding hydrogens is 288 g/mol. The highest BCUT2D eigenvalue weighted by Gasteiger charge is 2.25. The molecule has 4 rings (SSSR count). The first-order valence-corrected chi connectivity index (χ1v) is 8.60. The Morgan fingerprint density at radius 1 is 1.22 bits per heavy atom. The van der Waals surface area contributed by atoms with E-state index in [9.17, 15) is 0 Å². The lowest BCUT2D eigenvalue weighted by atomic mass is 9.99. The van der Waals surface area contributed by atoms with Gasteiger partial charge in [-0.1, -0.05) is 12.8 Å². The highest BCUT2D eigenvalue weighted by molar-refractivity contribution is 5.87. The fraction of sp³-hybridized carbons (Fsp3) is 0.588. The number of hydrogen-bond donors (Lipinski definition) is 2. The van der Waals surface area contributed by atoms with Crippen LogP contribution < -0.4 is 16.0 Å². The molecule has 122 valence electrons. The third kappa shape index (κ3) is 2.72. The van der Waals surface area contributed by atoms with Crippen molar-refractivity contribution >= 4 is 22.8 Å². The molecule has 2 aromatic rings. The van der Waals surface area contributed by atoms with Crippen LogP contribution >= 0.6 is 0 Å². The molecule has 0 spiro atoms. The van der Waals surface area contributed by atoms with Crippen molar-refractivity contribution in [1.82, 2.24) is 20.3 Å². The molecule has 6 nitrogen and oxygen atoms in total. The van der Waals surface area contributed by atoms with E-state index < -0.39 is 0 Å². The van der Waals surface area contributed by atoms with Gasteiger partial charge in [-0.3, -0.25) is 4.98 Å². The van der Waals surface area contributed by atoms with Gasteiger partial charge in [0.05, 0.1) is 5.52 Å². The van der Waals surface area contributed by atoms with Crippen molar-refractivity contribution in [3.8, 4) is 0 Å². The largest absolute Gasteiger partial charge is 0.368 e. The lowest BCUT2D eigenvalue weighted by Crippen LogP contribution is -2.30. The summed E-state index contributed by atoms with van der Waals surface area (Å²) < 4.78 is 0. The number of nitrogens with zero attached hydrogens (tertiary/aromatic N) is 4. The zero-order valence-corrected chi connectivity index (χ0v) is 13.6. The van der Waals surface area contributed by atoms with Crippen molar-refractivity contribution < 1.29 is 0 Å². The lowest BCUT2D eigenvalue weighted by Gasteiger charge is -2.19. The Balaban J connectivity index is 1.73. The minimum Gasteiger partial charge on any atom is -0.368 e. The molecule has 0 amide bonds. The summed E-state index contributed by atoms with van der Waals surface area (Å²) >= 11 is 0. The number of hydrogen-bond acceptors (Lipinski definition) is 6. The van der Waals surface area contributed by atoms with Gasteiger partial charge in [0.1, 0.15) is 5.52 Å². The average molecular weight is 312 g/mol. The first kappa shape index (κ1) is 14.6. The zero-order chi connectivity index (χ0) is 15.8. The van der Waals surface area contributed by atoms with Gasteiger partial charge in [-0.05, 0) is 43.9 Å². The van der Waals surface area contributed by atoms with E-state index in [0.717, 1.165) is 36.4 Å². The molecule has 0 aromatic carbocycles. The predicted molar refractivity (Wildman–Crippen MR) is 92.6 cm³/mol. The van der Waals surface area contributed by atoms with Crippen LogP contribution in [0.4, 0.5) is 11.8 Å². The first-order valence-electron chi connectivity index (χ1n) is 8.60. The second-order valence-corrected chi connectivity index (χ2v) is 6.74. The highest BCUT2D eigenvalue weighted by Crippen LogP contribution is 2.35. The standard InChI is InChI=1S/C17H24N6/c1-19-13-6-7-23(10-13)16-15-14(21-17(18)22-16)8-12(9-20-15)11-4-2-3-5-11/h8-9,11,13,19H,2-7,10H2,1H3,(H2,18,21,22)/t13-/m1/s1. The van der Waals surface area contributed by atoms with Gasteiger partial charge in [-0.15, -0.1) is 0 Å². The summed E-state index contributed by atoms with van der Waals surface area (Å²) in [5.74, 6) is 1.85. The number of fused-ring (bicyclic) bond motifs is 1. The molecule has 1 aliphatic carbocycles. The van der Waals surface area contributed by atoms with Gasteiger partial charge in [0.2, 0.25) is 5.95 Å². The molecule has 1 saturated carbocycles. The molecule has 1 atom stereocenters. The summed E-state index contributed by atoms with van der Waals surface area (Å²) in [4.78, 5) is 15.9. The fourth-order valence-corrected chi connectivity index (χ4v) is 3.93. The smallest absolute Gasteiger partial charge is 0.222 e. The van der Waals surface area contributed by atoms with Crippen LogP contribution in [0.25, 0.3) is 11.0 Å². The van der Waals surface area contributed by atoms with Crippen LogP contribution in [0.15, 0.2) is 12.3 Å². The van der Waals surface area contributed by atoms with E-state index in [1.165, 1.54) is 31.2 Å². The van der Waals surface area contributed by atoms with Crippen molar-refractivity contribution in [2.24, 2.45) is 0 Å². The van der Waals surface area contributed by atoms with Gasteiger partial charge in [-0.25, -0.2) is 4.98 Å². The second kappa shape index (κ2) is 5.92. The summed E-state index contributed by atoms with van der Waals surface area (Å²) in [5, 5.41) is 3.34. The molecule has 6 heteroatoms. The molecule has 3 N–H and O–H groups in total. The lowest BCUT2D eigenvalue weighted by molar-refractivity contribution is 0.616. The molecule has 3 heterocycles. The quantitative estimate of drug-likeness (QED) is 0.903. The maximum absolute atomic E-state index is 5.97. The molecule has 0 radical (unpaired) electrons. The molecule has 1 aliphatic heterocycles. The molecule has 0 bridgehead atoms. The van der Waals surface area contributed by atoms with E-state index in [4.69, 9.17) is 10.7 Å². The minimum atomic E-state index is 0.339. The van der Waals surface area contributed by atoms with Crippen LogP contribution in [0, 0.1) is 0 Å². The van der Waals surface area contributed by atoms with Crippen molar-refractivity contribution in [2.75, 3.05) is 30.8 Å². The number of likely N-dealkylation sites (N-methyl/N-ethyl adjacent to an activating group) is 1. The Hall–Kier alpha value is -1.95. The molecule has 2 aromatic heterocycles. The van der Waals surface area contributed by atoms with Crippen molar-refractivity contribution in [2.45, 2.75) is 44.1 Å². The number of pyridine rings is 1. The number of anilines is 2. The van der Waals surface area contributed by atoms with Crippen LogP contribution in [0.5, 0.6) is 0 Å². The van der Waals surface area contributed by atoms with Gasteiger partial charge < -0.3 is 16.0 Å².